The number of ketones is 1. The second-order valence-corrected chi connectivity index (χ2v) is 5.43. The summed E-state index contributed by atoms with van der Waals surface area (Å²) in [5, 5.41) is 9.82. The fraction of sp³-hybridized carbons (Fsp3) is 0.280. The zero-order chi connectivity index (χ0) is 21.5. The summed E-state index contributed by atoms with van der Waals surface area (Å²) >= 11 is 0. The van der Waals surface area contributed by atoms with Gasteiger partial charge in [-0.3, -0.25) is 9.78 Å². The van der Waals surface area contributed by atoms with Gasteiger partial charge in [0, 0.05) is 25.7 Å². The van der Waals surface area contributed by atoms with Gasteiger partial charge < -0.3 is 5.11 Å². The maximum absolute atomic E-state index is 10.4. The first-order chi connectivity index (χ1) is 13.5. The Morgan fingerprint density at radius 1 is 0.862 bits per heavy atom. The summed E-state index contributed by atoms with van der Waals surface area (Å²) in [6, 6.07) is 23.4. The Morgan fingerprint density at radius 3 is 1.93 bits per heavy atom. The molecule has 0 bridgehead atoms. The number of carbonyl (C=O) groups excluding carboxylic acids is 1. The molecule has 3 nitrogen and oxygen atoms in total. The number of fused-ring (bicyclic) bond motifs is 1. The summed E-state index contributed by atoms with van der Waals surface area (Å²) in [7, 11) is 0. The van der Waals surface area contributed by atoms with Crippen molar-refractivity contribution in [1.82, 2.24) is 4.98 Å². The number of pyridine rings is 1. The van der Waals surface area contributed by atoms with Crippen LogP contribution in [0, 0.1) is 6.07 Å². The van der Waals surface area contributed by atoms with E-state index in [0.717, 1.165) is 16.8 Å². The Balaban J connectivity index is 0. The molecule has 0 amide bonds. The van der Waals surface area contributed by atoms with E-state index in [0.29, 0.717) is 5.57 Å². The van der Waals surface area contributed by atoms with Crippen LogP contribution in [0.1, 0.15) is 48.5 Å². The molecule has 1 N–H and O–H groups in total. The monoisotopic (exact) mass is 571 g/mol. The summed E-state index contributed by atoms with van der Waals surface area (Å²) < 4.78 is 0. The van der Waals surface area contributed by atoms with Crippen molar-refractivity contribution < 1.29 is 30.0 Å². The average Bonchev–Trinajstić information content (AvgIpc) is 2.76. The molecule has 4 heteroatoms. The predicted octanol–water partition coefficient (Wildman–Crippen LogP) is 7.18. The summed E-state index contributed by atoms with van der Waals surface area (Å²) in [6.45, 7) is 12.5. The number of hydrogen-bond acceptors (Lipinski definition) is 3. The number of aliphatic hydroxyl groups is 1. The SMILES string of the molecule is CC.CC.CC(=O)C(C)=C(C)O.[Ir].[c-]1ccccc1-c1ccc2ccccc2n1. The molecule has 3 aromatic rings. The second kappa shape index (κ2) is 16.6. The first-order valence-electron chi connectivity index (χ1n) is 9.69. The van der Waals surface area contributed by atoms with Crippen LogP contribution >= 0.6 is 0 Å². The Labute approximate surface area is 189 Å². The van der Waals surface area contributed by atoms with Gasteiger partial charge in [-0.05, 0) is 37.9 Å². The van der Waals surface area contributed by atoms with Crippen LogP contribution in [0.2, 0.25) is 0 Å². The normalized spacial score (nSPS) is 9.76. The fourth-order valence-corrected chi connectivity index (χ4v) is 2.02. The smallest absolute Gasteiger partial charge is 0.158 e. The van der Waals surface area contributed by atoms with Crippen molar-refractivity contribution in [3.63, 3.8) is 0 Å². The van der Waals surface area contributed by atoms with E-state index in [9.17, 15) is 4.79 Å². The van der Waals surface area contributed by atoms with E-state index < -0.39 is 0 Å². The van der Waals surface area contributed by atoms with Crippen LogP contribution in [-0.2, 0) is 24.9 Å². The number of benzene rings is 2. The van der Waals surface area contributed by atoms with Crippen LogP contribution < -0.4 is 0 Å². The molecule has 2 aromatic carbocycles. The number of rotatable bonds is 2. The average molecular weight is 571 g/mol. The minimum absolute atomic E-state index is 0. The third-order valence-corrected chi connectivity index (χ3v) is 3.65. The minimum Gasteiger partial charge on any atom is -0.512 e. The summed E-state index contributed by atoms with van der Waals surface area (Å²) in [6.07, 6.45) is 0. The summed E-state index contributed by atoms with van der Waals surface area (Å²) in [5.41, 5.74) is 3.47. The molecule has 0 saturated heterocycles. The van der Waals surface area contributed by atoms with Gasteiger partial charge in [-0.1, -0.05) is 58.0 Å². The number of hydrogen-bond donors (Lipinski definition) is 1. The first kappa shape index (κ1) is 28.9. The van der Waals surface area contributed by atoms with Crippen LogP contribution in [0.25, 0.3) is 22.2 Å². The molecule has 1 aromatic heterocycles. The van der Waals surface area contributed by atoms with E-state index >= 15 is 0 Å². The molecule has 0 aliphatic heterocycles. The fourth-order valence-electron chi connectivity index (χ4n) is 2.02. The van der Waals surface area contributed by atoms with Crippen LogP contribution in [0.5, 0.6) is 0 Å². The molecule has 29 heavy (non-hydrogen) atoms. The van der Waals surface area contributed by atoms with Gasteiger partial charge in [0.15, 0.2) is 5.78 Å². The topological polar surface area (TPSA) is 50.2 Å². The number of nitrogens with zero attached hydrogens (tertiary/aromatic N) is 1. The molecule has 1 heterocycles. The Hall–Kier alpha value is -2.29. The van der Waals surface area contributed by atoms with Crippen molar-refractivity contribution in [3.05, 3.63) is 78.1 Å². The van der Waals surface area contributed by atoms with Crippen LogP contribution in [0.15, 0.2) is 72.0 Å². The van der Waals surface area contributed by atoms with Crippen molar-refractivity contribution in [1.29, 1.82) is 0 Å². The van der Waals surface area contributed by atoms with Crippen molar-refractivity contribution in [2.75, 3.05) is 0 Å². The van der Waals surface area contributed by atoms with Crippen LogP contribution in [-0.4, -0.2) is 15.9 Å². The predicted molar refractivity (Wildman–Crippen MR) is 120 cm³/mol. The zero-order valence-electron chi connectivity index (χ0n) is 18.4. The standard InChI is InChI=1S/C15H10N.C6H10O2.2C2H6.Ir/c1-2-6-12(7-3-1)15-11-10-13-8-4-5-9-14(13)16-15;1-4(5(2)7)6(3)8;2*1-2;/h1-6,8-11H;7H,1-3H3;2*1-2H3;/q-1;;;;. The molecule has 0 saturated carbocycles. The number of aromatic nitrogens is 1. The largest absolute Gasteiger partial charge is 0.512 e. The van der Waals surface area contributed by atoms with Gasteiger partial charge >= 0.3 is 0 Å². The summed E-state index contributed by atoms with van der Waals surface area (Å²) in [5.74, 6) is 0.0301. The Bertz CT molecular complexity index is 870. The number of aliphatic hydroxyl groups excluding tert-OH is 1. The molecular weight excluding hydrogens is 538 g/mol. The molecule has 3 rings (SSSR count). The van der Waals surface area contributed by atoms with Gasteiger partial charge in [-0.25, -0.2) is 0 Å². The van der Waals surface area contributed by atoms with Gasteiger partial charge in [0.1, 0.15) is 0 Å². The van der Waals surface area contributed by atoms with E-state index in [2.05, 4.69) is 23.2 Å². The molecule has 0 spiro atoms. The van der Waals surface area contributed by atoms with Crippen LogP contribution in [0.4, 0.5) is 0 Å². The van der Waals surface area contributed by atoms with Gasteiger partial charge in [-0.15, -0.1) is 35.9 Å². The Morgan fingerprint density at radius 2 is 1.45 bits per heavy atom. The Kier molecular flexibility index (Phi) is 16.6. The molecule has 1 radical (unpaired) electrons. The number of carbonyl (C=O) groups is 1. The zero-order valence-corrected chi connectivity index (χ0v) is 20.8. The van der Waals surface area contributed by atoms with Gasteiger partial charge in [0.2, 0.25) is 0 Å². The van der Waals surface area contributed by atoms with Crippen molar-refractivity contribution >= 4 is 16.7 Å². The number of para-hydroxylation sites is 1. The van der Waals surface area contributed by atoms with Crippen molar-refractivity contribution in [2.45, 2.75) is 48.5 Å². The molecule has 159 valence electrons. The maximum atomic E-state index is 10.4. The van der Waals surface area contributed by atoms with E-state index in [-0.39, 0.29) is 31.6 Å². The van der Waals surface area contributed by atoms with Gasteiger partial charge in [0.25, 0.3) is 0 Å². The number of allylic oxidation sites excluding steroid dienone is 2. The molecule has 0 fully saturated rings. The molecular formula is C25H32IrNO2-. The molecule has 0 aliphatic carbocycles. The van der Waals surface area contributed by atoms with E-state index in [1.165, 1.54) is 19.2 Å². The second-order valence-electron chi connectivity index (χ2n) is 5.43. The van der Waals surface area contributed by atoms with Crippen molar-refractivity contribution in [2.24, 2.45) is 0 Å². The maximum Gasteiger partial charge on any atom is 0.158 e. The van der Waals surface area contributed by atoms with E-state index in [1.807, 2.05) is 76.2 Å². The van der Waals surface area contributed by atoms with Gasteiger partial charge in [-0.2, -0.15) is 0 Å². The quantitative estimate of drug-likeness (QED) is 0.202. The van der Waals surface area contributed by atoms with E-state index in [1.54, 1.807) is 6.92 Å². The van der Waals surface area contributed by atoms with Crippen molar-refractivity contribution in [3.8, 4) is 11.3 Å². The molecule has 0 atom stereocenters. The third kappa shape index (κ3) is 10.2. The van der Waals surface area contributed by atoms with Gasteiger partial charge in [0.05, 0.1) is 11.3 Å². The number of Topliss-reactive ketones (excluding diaryl/α,β-unsaturated/α-hetero) is 1. The van der Waals surface area contributed by atoms with Crippen LogP contribution in [0.3, 0.4) is 0 Å². The van der Waals surface area contributed by atoms with E-state index in [4.69, 9.17) is 5.11 Å². The molecule has 0 aliphatic rings. The third-order valence-electron chi connectivity index (χ3n) is 3.65. The summed E-state index contributed by atoms with van der Waals surface area (Å²) in [4.78, 5) is 15.0. The molecule has 0 unspecified atom stereocenters. The first-order valence-corrected chi connectivity index (χ1v) is 9.69. The minimum atomic E-state index is -0.0787.